The molecule has 0 aliphatic rings. The van der Waals surface area contributed by atoms with Crippen LogP contribution in [0.4, 0.5) is 0 Å². The molecule has 0 saturated heterocycles. The second-order valence-corrected chi connectivity index (χ2v) is 19.6. The standard InChI is InChI=1S/C56H96NO8P/c1-6-8-10-12-14-16-18-20-22-24-25-26-27-28-29-30-31-33-35-37-39-41-43-45-47-49-56(59)65-54(53-64-66(60,61)63-51-50-57(3,4)5)52-62-55(58)48-46-44-42-40-38-36-34-32-23-21-19-17-15-13-11-9-7-2/h8,10,14-17,20-23,25-26,28-29,31,33,54H,6-7,9,11-13,18-19,24,27,30,32,34-53H2,1-5H3/b10-8-,16-14-,17-15-,22-20-,23-21-,26-25-,29-28-,33-31-. The zero-order valence-electron chi connectivity index (χ0n) is 42.6. The van der Waals surface area contributed by atoms with Gasteiger partial charge in [0.25, 0.3) is 7.82 Å². The van der Waals surface area contributed by atoms with Crippen LogP contribution < -0.4 is 4.89 Å². The van der Waals surface area contributed by atoms with Gasteiger partial charge in [0.15, 0.2) is 6.10 Å². The molecular formula is C56H96NO8P. The molecular weight excluding hydrogens is 846 g/mol. The molecule has 0 radical (unpaired) electrons. The normalized spacial score (nSPS) is 14.2. The molecule has 0 spiro atoms. The van der Waals surface area contributed by atoms with E-state index in [0.29, 0.717) is 23.9 Å². The largest absolute Gasteiger partial charge is 0.756 e. The molecule has 0 saturated carbocycles. The Morgan fingerprint density at radius 2 is 0.864 bits per heavy atom. The monoisotopic (exact) mass is 942 g/mol. The molecule has 2 atom stereocenters. The molecule has 9 nitrogen and oxygen atoms in total. The fourth-order valence-corrected chi connectivity index (χ4v) is 7.30. The van der Waals surface area contributed by atoms with Crippen molar-refractivity contribution >= 4 is 19.8 Å². The maximum absolute atomic E-state index is 12.8. The van der Waals surface area contributed by atoms with Crippen LogP contribution in [-0.4, -0.2) is 70.0 Å². The SMILES string of the molecule is CC/C=C\C/C=C\C/C=C\C/C=C\C/C=C\C/C=C\CCCCCCCCC(=O)OC(COC(=O)CCCCCCCCC/C=C\C/C=C\CCCCC)COP(=O)([O-])OCC[N+](C)(C)C. The number of nitrogens with zero attached hydrogens (tertiary/aromatic N) is 1. The second-order valence-electron chi connectivity index (χ2n) is 18.1. The van der Waals surface area contributed by atoms with Gasteiger partial charge in [-0.15, -0.1) is 0 Å². The Kier molecular flexibility index (Phi) is 44.8. The number of hydrogen-bond acceptors (Lipinski definition) is 8. The molecule has 0 rings (SSSR count). The Balaban J connectivity index is 4.32. The first-order valence-electron chi connectivity index (χ1n) is 25.9. The van der Waals surface area contributed by atoms with E-state index in [-0.39, 0.29) is 26.1 Å². The zero-order valence-corrected chi connectivity index (χ0v) is 43.5. The van der Waals surface area contributed by atoms with Crippen molar-refractivity contribution in [1.82, 2.24) is 0 Å². The lowest BCUT2D eigenvalue weighted by Crippen LogP contribution is -2.37. The number of rotatable bonds is 46. The second kappa shape index (κ2) is 47.0. The van der Waals surface area contributed by atoms with Crippen LogP contribution in [0.5, 0.6) is 0 Å². The lowest BCUT2D eigenvalue weighted by Gasteiger charge is -2.28. The molecule has 0 aromatic rings. The third kappa shape index (κ3) is 50.3. The molecule has 66 heavy (non-hydrogen) atoms. The highest BCUT2D eigenvalue weighted by atomic mass is 31.2. The summed E-state index contributed by atoms with van der Waals surface area (Å²) in [5, 5.41) is 0. The summed E-state index contributed by atoms with van der Waals surface area (Å²) in [5.74, 6) is -0.866. The molecule has 10 heteroatoms. The maximum Gasteiger partial charge on any atom is 0.306 e. The average molecular weight is 942 g/mol. The number of phosphoric ester groups is 1. The molecule has 0 N–H and O–H groups in total. The Labute approximate surface area is 404 Å². The van der Waals surface area contributed by atoms with Gasteiger partial charge in [0.05, 0.1) is 27.7 Å². The van der Waals surface area contributed by atoms with E-state index < -0.39 is 32.5 Å². The van der Waals surface area contributed by atoms with Gasteiger partial charge in [0.1, 0.15) is 19.8 Å². The maximum atomic E-state index is 12.8. The van der Waals surface area contributed by atoms with Crippen molar-refractivity contribution in [3.63, 3.8) is 0 Å². The quantitative estimate of drug-likeness (QED) is 0.0195. The molecule has 0 aliphatic carbocycles. The average Bonchev–Trinajstić information content (AvgIpc) is 3.27. The highest BCUT2D eigenvalue weighted by molar-refractivity contribution is 7.45. The smallest absolute Gasteiger partial charge is 0.306 e. The van der Waals surface area contributed by atoms with Crippen LogP contribution in [0.25, 0.3) is 0 Å². The Morgan fingerprint density at radius 3 is 1.29 bits per heavy atom. The molecule has 0 amide bonds. The summed E-state index contributed by atoms with van der Waals surface area (Å²) >= 11 is 0. The predicted octanol–water partition coefficient (Wildman–Crippen LogP) is 15.1. The number of phosphoric acid groups is 1. The van der Waals surface area contributed by atoms with Gasteiger partial charge < -0.3 is 27.9 Å². The zero-order chi connectivity index (χ0) is 48.5. The van der Waals surface area contributed by atoms with Crippen LogP contribution in [0.1, 0.15) is 194 Å². The molecule has 0 aliphatic heterocycles. The summed E-state index contributed by atoms with van der Waals surface area (Å²) in [6, 6.07) is 0. The molecule has 0 aromatic carbocycles. The number of quaternary nitrogens is 1. The van der Waals surface area contributed by atoms with Crippen LogP contribution in [0.2, 0.25) is 0 Å². The molecule has 0 heterocycles. The summed E-state index contributed by atoms with van der Waals surface area (Å²) in [4.78, 5) is 37.7. The number of hydrogen-bond donors (Lipinski definition) is 0. The highest BCUT2D eigenvalue weighted by Crippen LogP contribution is 2.38. The first-order valence-corrected chi connectivity index (χ1v) is 27.4. The van der Waals surface area contributed by atoms with Crippen LogP contribution in [0, 0.1) is 0 Å². The van der Waals surface area contributed by atoms with E-state index in [1.807, 2.05) is 21.1 Å². The van der Waals surface area contributed by atoms with E-state index in [4.69, 9.17) is 18.5 Å². The van der Waals surface area contributed by atoms with Crippen molar-refractivity contribution in [3.05, 3.63) is 97.2 Å². The van der Waals surface area contributed by atoms with Crippen molar-refractivity contribution < 1.29 is 42.1 Å². The molecule has 0 aromatic heterocycles. The fourth-order valence-electron chi connectivity index (χ4n) is 6.57. The van der Waals surface area contributed by atoms with Gasteiger partial charge in [-0.3, -0.25) is 14.2 Å². The van der Waals surface area contributed by atoms with Crippen LogP contribution in [0.15, 0.2) is 97.2 Å². The first-order chi connectivity index (χ1) is 32.0. The number of likely N-dealkylation sites (N-methyl/N-ethyl adjacent to an activating group) is 1. The lowest BCUT2D eigenvalue weighted by atomic mass is 10.1. The summed E-state index contributed by atoms with van der Waals surface area (Å²) in [6.45, 7) is 4.05. The van der Waals surface area contributed by atoms with Gasteiger partial charge in [-0.1, -0.05) is 182 Å². The molecule has 2 unspecified atom stereocenters. The van der Waals surface area contributed by atoms with Crippen LogP contribution >= 0.6 is 7.82 Å². The van der Waals surface area contributed by atoms with Crippen molar-refractivity contribution in [2.45, 2.75) is 200 Å². The highest BCUT2D eigenvalue weighted by Gasteiger charge is 2.21. The van der Waals surface area contributed by atoms with Gasteiger partial charge in [0.2, 0.25) is 0 Å². The number of allylic oxidation sites excluding steroid dienone is 16. The Morgan fingerprint density at radius 1 is 0.485 bits per heavy atom. The van der Waals surface area contributed by atoms with E-state index in [2.05, 4.69) is 111 Å². The predicted molar refractivity (Wildman–Crippen MR) is 277 cm³/mol. The van der Waals surface area contributed by atoms with Gasteiger partial charge in [-0.05, 0) is 96.3 Å². The number of esters is 2. The number of carbonyl (C=O) groups is 2. The van der Waals surface area contributed by atoms with E-state index in [1.165, 1.54) is 44.9 Å². The summed E-state index contributed by atoms with van der Waals surface area (Å²) in [7, 11) is 1.13. The van der Waals surface area contributed by atoms with E-state index in [1.54, 1.807) is 0 Å². The van der Waals surface area contributed by atoms with Crippen molar-refractivity contribution in [2.24, 2.45) is 0 Å². The molecule has 378 valence electrons. The summed E-state index contributed by atoms with van der Waals surface area (Å²) in [5.41, 5.74) is 0. The van der Waals surface area contributed by atoms with Gasteiger partial charge in [-0.2, -0.15) is 0 Å². The number of carbonyl (C=O) groups excluding carboxylic acids is 2. The van der Waals surface area contributed by atoms with Gasteiger partial charge in [0, 0.05) is 12.8 Å². The van der Waals surface area contributed by atoms with Crippen LogP contribution in [-0.2, 0) is 32.7 Å². The summed E-state index contributed by atoms with van der Waals surface area (Å²) in [6.07, 6.45) is 62.9. The number of ether oxygens (including phenoxy) is 2. The van der Waals surface area contributed by atoms with Gasteiger partial charge in [-0.25, -0.2) is 0 Å². The Hall–Kier alpha value is -3.07. The van der Waals surface area contributed by atoms with Crippen LogP contribution in [0.3, 0.4) is 0 Å². The molecule has 0 fully saturated rings. The van der Waals surface area contributed by atoms with E-state index in [9.17, 15) is 19.0 Å². The molecule has 0 bridgehead atoms. The fraction of sp³-hybridized carbons (Fsp3) is 0.679. The van der Waals surface area contributed by atoms with Crippen molar-refractivity contribution in [3.8, 4) is 0 Å². The third-order valence-electron chi connectivity index (χ3n) is 10.6. The minimum atomic E-state index is -4.64. The van der Waals surface area contributed by atoms with Crippen molar-refractivity contribution in [2.75, 3.05) is 47.5 Å². The minimum Gasteiger partial charge on any atom is -0.756 e. The lowest BCUT2D eigenvalue weighted by molar-refractivity contribution is -0.870. The minimum absolute atomic E-state index is 0.0407. The first kappa shape index (κ1) is 62.9. The summed E-state index contributed by atoms with van der Waals surface area (Å²) < 4.78 is 34.0. The Bertz CT molecular complexity index is 1440. The van der Waals surface area contributed by atoms with E-state index in [0.717, 1.165) is 109 Å². The van der Waals surface area contributed by atoms with Gasteiger partial charge >= 0.3 is 11.9 Å². The topological polar surface area (TPSA) is 111 Å². The number of unbranched alkanes of at least 4 members (excludes halogenated alkanes) is 16. The third-order valence-corrected chi connectivity index (χ3v) is 11.6. The van der Waals surface area contributed by atoms with E-state index >= 15 is 0 Å². The van der Waals surface area contributed by atoms with Crippen molar-refractivity contribution in [1.29, 1.82) is 0 Å².